The Kier molecular flexibility index (Phi) is 4.29. The molecule has 1 aliphatic rings. The first-order valence-corrected chi connectivity index (χ1v) is 7.79. The van der Waals surface area contributed by atoms with Gasteiger partial charge in [-0.05, 0) is 43.9 Å². The van der Waals surface area contributed by atoms with Gasteiger partial charge in [0.2, 0.25) is 0 Å². The van der Waals surface area contributed by atoms with Crippen molar-refractivity contribution in [1.82, 2.24) is 25.6 Å². The monoisotopic (exact) mass is 315 g/mol. The number of aliphatic hydroxyl groups is 1. The molecule has 1 aliphatic carbocycles. The normalized spacial score (nSPS) is 17.1. The Morgan fingerprint density at radius 3 is 2.70 bits per heavy atom. The van der Waals surface area contributed by atoms with Crippen molar-refractivity contribution in [2.45, 2.75) is 37.8 Å². The van der Waals surface area contributed by atoms with E-state index in [0.717, 1.165) is 30.5 Å². The molecule has 7 nitrogen and oxygen atoms in total. The third kappa shape index (κ3) is 3.68. The second kappa shape index (κ2) is 6.37. The van der Waals surface area contributed by atoms with Crippen LogP contribution in [0.15, 0.2) is 36.7 Å². The first kappa shape index (κ1) is 15.5. The molecule has 2 aromatic rings. The fourth-order valence-electron chi connectivity index (χ4n) is 2.60. The van der Waals surface area contributed by atoms with Gasteiger partial charge in [0.1, 0.15) is 0 Å². The first-order chi connectivity index (χ1) is 11.1. The summed E-state index contributed by atoms with van der Waals surface area (Å²) < 4.78 is 1.67. The average Bonchev–Trinajstić information content (AvgIpc) is 3.05. The molecule has 1 saturated carbocycles. The van der Waals surface area contributed by atoms with Crippen LogP contribution < -0.4 is 10.6 Å². The van der Waals surface area contributed by atoms with Crippen molar-refractivity contribution >= 4 is 6.03 Å². The van der Waals surface area contributed by atoms with Crippen LogP contribution in [0.3, 0.4) is 0 Å². The zero-order chi connectivity index (χ0) is 16.3. The van der Waals surface area contributed by atoms with Crippen molar-refractivity contribution in [3.63, 3.8) is 0 Å². The number of amides is 2. The maximum Gasteiger partial charge on any atom is 0.315 e. The molecule has 1 aromatic heterocycles. The van der Waals surface area contributed by atoms with E-state index < -0.39 is 5.60 Å². The van der Waals surface area contributed by atoms with Crippen LogP contribution in [0.4, 0.5) is 4.79 Å². The molecular formula is C16H21N5O2. The van der Waals surface area contributed by atoms with Crippen LogP contribution in [-0.4, -0.2) is 38.3 Å². The number of nitrogens with one attached hydrogen (secondary N) is 2. The predicted molar refractivity (Wildman–Crippen MR) is 85.1 cm³/mol. The second-order valence-electron chi connectivity index (χ2n) is 6.07. The Hall–Kier alpha value is -2.41. The fourth-order valence-corrected chi connectivity index (χ4v) is 2.60. The molecule has 0 aliphatic heterocycles. The van der Waals surface area contributed by atoms with Gasteiger partial charge in [0.05, 0.1) is 29.7 Å². The van der Waals surface area contributed by atoms with Crippen LogP contribution in [0.1, 0.15) is 37.8 Å². The average molecular weight is 315 g/mol. The zero-order valence-electron chi connectivity index (χ0n) is 13.1. The van der Waals surface area contributed by atoms with Gasteiger partial charge in [0.15, 0.2) is 0 Å². The van der Waals surface area contributed by atoms with Crippen LogP contribution in [-0.2, 0) is 0 Å². The van der Waals surface area contributed by atoms with Crippen LogP contribution in [0.2, 0.25) is 0 Å². The number of hydrogen-bond acceptors (Lipinski definition) is 4. The number of hydrogen-bond donors (Lipinski definition) is 3. The zero-order valence-corrected chi connectivity index (χ0v) is 13.1. The van der Waals surface area contributed by atoms with Gasteiger partial charge in [-0.25, -0.2) is 9.48 Å². The molecule has 0 radical (unpaired) electrons. The fraction of sp³-hybridized carbons (Fsp3) is 0.438. The number of carbonyl (C=O) groups is 1. The molecule has 2 amide bonds. The van der Waals surface area contributed by atoms with E-state index in [0.29, 0.717) is 6.54 Å². The van der Waals surface area contributed by atoms with E-state index in [1.165, 1.54) is 0 Å². The van der Waals surface area contributed by atoms with E-state index in [2.05, 4.69) is 20.9 Å². The molecule has 0 saturated heterocycles. The minimum Gasteiger partial charge on any atom is -0.388 e. The highest BCUT2D eigenvalue weighted by Gasteiger charge is 2.34. The lowest BCUT2D eigenvalue weighted by Crippen LogP contribution is -2.50. The highest BCUT2D eigenvalue weighted by atomic mass is 16.3. The molecule has 3 N–H and O–H groups in total. The van der Waals surface area contributed by atoms with Gasteiger partial charge in [-0.15, -0.1) is 5.10 Å². The maximum absolute atomic E-state index is 11.9. The largest absolute Gasteiger partial charge is 0.388 e. The van der Waals surface area contributed by atoms with Crippen LogP contribution >= 0.6 is 0 Å². The van der Waals surface area contributed by atoms with E-state index in [1.807, 2.05) is 31.2 Å². The molecule has 1 fully saturated rings. The molecular weight excluding hydrogens is 294 g/mol. The highest BCUT2D eigenvalue weighted by molar-refractivity contribution is 5.74. The third-order valence-electron chi connectivity index (χ3n) is 4.29. The molecule has 1 heterocycles. The SMILES string of the molecule is CC(NC(=O)NCC1(O)CCC1)c1ccc(-n2ccnn2)cc1. The van der Waals surface area contributed by atoms with Crippen molar-refractivity contribution < 1.29 is 9.90 Å². The van der Waals surface area contributed by atoms with Gasteiger partial charge in [-0.3, -0.25) is 0 Å². The summed E-state index contributed by atoms with van der Waals surface area (Å²) in [6.45, 7) is 2.22. The molecule has 7 heteroatoms. The van der Waals surface area contributed by atoms with Crippen molar-refractivity contribution in [3.05, 3.63) is 42.2 Å². The molecule has 0 bridgehead atoms. The molecule has 1 aromatic carbocycles. The summed E-state index contributed by atoms with van der Waals surface area (Å²) in [4.78, 5) is 11.9. The molecule has 1 atom stereocenters. The van der Waals surface area contributed by atoms with Crippen LogP contribution in [0.5, 0.6) is 0 Å². The van der Waals surface area contributed by atoms with Gasteiger partial charge >= 0.3 is 6.03 Å². The van der Waals surface area contributed by atoms with Crippen molar-refractivity contribution in [2.24, 2.45) is 0 Å². The molecule has 1 unspecified atom stereocenters. The highest BCUT2D eigenvalue weighted by Crippen LogP contribution is 2.30. The Balaban J connectivity index is 1.53. The Morgan fingerprint density at radius 2 is 2.13 bits per heavy atom. The summed E-state index contributed by atoms with van der Waals surface area (Å²) in [7, 11) is 0. The van der Waals surface area contributed by atoms with E-state index in [9.17, 15) is 9.90 Å². The van der Waals surface area contributed by atoms with Crippen molar-refractivity contribution in [3.8, 4) is 5.69 Å². The summed E-state index contributed by atoms with van der Waals surface area (Å²) in [6.07, 6.45) is 5.93. The number of benzene rings is 1. The topological polar surface area (TPSA) is 92.1 Å². The number of urea groups is 1. The summed E-state index contributed by atoms with van der Waals surface area (Å²) in [5.74, 6) is 0. The first-order valence-electron chi connectivity index (χ1n) is 7.79. The van der Waals surface area contributed by atoms with Gasteiger partial charge in [-0.2, -0.15) is 0 Å². The van der Waals surface area contributed by atoms with Gasteiger partial charge in [0.25, 0.3) is 0 Å². The Bertz CT molecular complexity index is 650. The van der Waals surface area contributed by atoms with E-state index in [-0.39, 0.29) is 12.1 Å². The summed E-state index contributed by atoms with van der Waals surface area (Å²) in [5, 5.41) is 23.3. The minimum absolute atomic E-state index is 0.129. The van der Waals surface area contributed by atoms with Crippen LogP contribution in [0, 0.1) is 0 Å². The van der Waals surface area contributed by atoms with Crippen LogP contribution in [0.25, 0.3) is 5.69 Å². The van der Waals surface area contributed by atoms with Crippen molar-refractivity contribution in [2.75, 3.05) is 6.54 Å². The third-order valence-corrected chi connectivity index (χ3v) is 4.29. The lowest BCUT2D eigenvalue weighted by atomic mass is 9.80. The molecule has 23 heavy (non-hydrogen) atoms. The number of rotatable bonds is 5. The Labute approximate surface area is 134 Å². The summed E-state index contributed by atoms with van der Waals surface area (Å²) in [5.41, 5.74) is 1.20. The Morgan fingerprint density at radius 1 is 1.39 bits per heavy atom. The number of aromatic nitrogens is 3. The second-order valence-corrected chi connectivity index (χ2v) is 6.07. The number of carbonyl (C=O) groups excluding carboxylic acids is 1. The number of nitrogens with zero attached hydrogens (tertiary/aromatic N) is 3. The summed E-state index contributed by atoms with van der Waals surface area (Å²) in [6, 6.07) is 7.35. The lowest BCUT2D eigenvalue weighted by molar-refractivity contribution is -0.0290. The van der Waals surface area contributed by atoms with Gasteiger partial charge in [-0.1, -0.05) is 17.3 Å². The molecule has 122 valence electrons. The molecule has 0 spiro atoms. The van der Waals surface area contributed by atoms with Gasteiger partial charge in [0, 0.05) is 6.54 Å². The quantitative estimate of drug-likeness (QED) is 0.780. The van der Waals surface area contributed by atoms with E-state index >= 15 is 0 Å². The van der Waals surface area contributed by atoms with E-state index in [4.69, 9.17) is 0 Å². The minimum atomic E-state index is -0.708. The maximum atomic E-state index is 11.9. The smallest absolute Gasteiger partial charge is 0.315 e. The predicted octanol–water partition coefficient (Wildman–Crippen LogP) is 1.54. The van der Waals surface area contributed by atoms with Crippen molar-refractivity contribution in [1.29, 1.82) is 0 Å². The lowest BCUT2D eigenvalue weighted by Gasteiger charge is -2.36. The molecule has 3 rings (SSSR count). The van der Waals surface area contributed by atoms with Gasteiger partial charge < -0.3 is 15.7 Å². The standard InChI is InChI=1S/C16H21N5O2/c1-12(19-15(22)17-11-16(23)7-2-8-16)13-3-5-14(6-4-13)21-10-9-18-20-21/h3-6,9-10,12,23H,2,7-8,11H2,1H3,(H2,17,19,22). The van der Waals surface area contributed by atoms with E-state index in [1.54, 1.807) is 17.1 Å². The summed E-state index contributed by atoms with van der Waals surface area (Å²) >= 11 is 0.